The van der Waals surface area contributed by atoms with Crippen LogP contribution < -0.4 is 5.32 Å². The minimum Gasteiger partial charge on any atom is -0.355 e. The fourth-order valence-electron chi connectivity index (χ4n) is 5.09. The van der Waals surface area contributed by atoms with Gasteiger partial charge < -0.3 is 5.32 Å². The number of hydrogen-bond acceptors (Lipinski definition) is 2. The lowest BCUT2D eigenvalue weighted by Gasteiger charge is -2.10. The second kappa shape index (κ2) is 9.66. The summed E-state index contributed by atoms with van der Waals surface area (Å²) in [6.45, 7) is 0. The number of fused-ring (bicyclic) bond motifs is 3. The maximum absolute atomic E-state index is 3.64. The van der Waals surface area contributed by atoms with Crippen molar-refractivity contribution in [3.8, 4) is 33.4 Å². The van der Waals surface area contributed by atoms with E-state index in [0.29, 0.717) is 0 Å². The lowest BCUT2D eigenvalue weighted by Crippen LogP contribution is -1.90. The molecule has 2 heteroatoms. The molecule has 0 bridgehead atoms. The van der Waals surface area contributed by atoms with Gasteiger partial charge in [0.1, 0.15) is 0 Å². The third-order valence-electron chi connectivity index (χ3n) is 7.05. The predicted octanol–water partition coefficient (Wildman–Crippen LogP) is 10.8. The zero-order valence-electron chi connectivity index (χ0n) is 20.8. The van der Waals surface area contributed by atoms with Crippen molar-refractivity contribution < 1.29 is 0 Å². The second-order valence-electron chi connectivity index (χ2n) is 9.54. The number of rotatable bonds is 5. The van der Waals surface area contributed by atoms with Gasteiger partial charge in [-0.1, -0.05) is 109 Å². The first-order valence-corrected chi connectivity index (χ1v) is 13.7. The van der Waals surface area contributed by atoms with Crippen LogP contribution in [0, 0.1) is 0 Å². The van der Waals surface area contributed by atoms with Crippen LogP contribution in [0.1, 0.15) is 0 Å². The third kappa shape index (κ3) is 4.36. The molecule has 0 amide bonds. The summed E-state index contributed by atoms with van der Waals surface area (Å²) in [4.78, 5) is 0. The molecule has 1 N–H and O–H groups in total. The zero-order chi connectivity index (χ0) is 25.3. The Labute approximate surface area is 226 Å². The molecule has 1 aromatic heterocycles. The predicted molar refractivity (Wildman–Crippen MR) is 165 cm³/mol. The molecule has 0 unspecified atom stereocenters. The molecular weight excluding hydrogens is 478 g/mol. The van der Waals surface area contributed by atoms with Gasteiger partial charge in [0.15, 0.2) is 0 Å². The van der Waals surface area contributed by atoms with E-state index in [4.69, 9.17) is 0 Å². The van der Waals surface area contributed by atoms with Crippen LogP contribution in [-0.2, 0) is 0 Å². The molecule has 7 aromatic rings. The average molecular weight is 504 g/mol. The fourth-order valence-corrected chi connectivity index (χ4v) is 6.22. The summed E-state index contributed by atoms with van der Waals surface area (Å²) in [5, 5.41) is 6.24. The maximum Gasteiger partial charge on any atom is 0.0391 e. The zero-order valence-corrected chi connectivity index (χ0v) is 21.6. The summed E-state index contributed by atoms with van der Waals surface area (Å²) in [6.07, 6.45) is 0. The average Bonchev–Trinajstić information content (AvgIpc) is 3.35. The van der Waals surface area contributed by atoms with Crippen LogP contribution in [0.15, 0.2) is 146 Å². The van der Waals surface area contributed by atoms with Gasteiger partial charge >= 0.3 is 0 Å². The fraction of sp³-hybridized carbons (Fsp3) is 0. The summed E-state index contributed by atoms with van der Waals surface area (Å²) < 4.78 is 2.63. The van der Waals surface area contributed by atoms with E-state index in [0.717, 1.165) is 11.4 Å². The van der Waals surface area contributed by atoms with E-state index in [-0.39, 0.29) is 0 Å². The van der Waals surface area contributed by atoms with Crippen molar-refractivity contribution in [1.82, 2.24) is 0 Å². The smallest absolute Gasteiger partial charge is 0.0391 e. The van der Waals surface area contributed by atoms with Gasteiger partial charge in [-0.3, -0.25) is 0 Å². The Balaban J connectivity index is 1.16. The number of thiophene rings is 1. The SMILES string of the molecule is c1ccc(-c2ccc(-c3cccc(Nc4ccc5sc6cc(-c7ccccc7)ccc6c5c4)c3)cc2)cc1. The first-order chi connectivity index (χ1) is 18.8. The van der Waals surface area contributed by atoms with Crippen LogP contribution in [0.4, 0.5) is 11.4 Å². The van der Waals surface area contributed by atoms with Crippen LogP contribution in [0.2, 0.25) is 0 Å². The Morgan fingerprint density at radius 2 is 0.895 bits per heavy atom. The molecule has 7 rings (SSSR count). The van der Waals surface area contributed by atoms with Gasteiger partial charge in [0, 0.05) is 31.5 Å². The summed E-state index contributed by atoms with van der Waals surface area (Å²) in [6, 6.07) is 52.0. The van der Waals surface area contributed by atoms with E-state index >= 15 is 0 Å². The molecule has 0 aliphatic carbocycles. The molecule has 38 heavy (non-hydrogen) atoms. The highest BCUT2D eigenvalue weighted by atomic mass is 32.1. The van der Waals surface area contributed by atoms with Crippen molar-refractivity contribution in [2.45, 2.75) is 0 Å². The summed E-state index contributed by atoms with van der Waals surface area (Å²) in [7, 11) is 0. The van der Waals surface area contributed by atoms with Gasteiger partial charge in [0.05, 0.1) is 0 Å². The van der Waals surface area contributed by atoms with Crippen molar-refractivity contribution in [2.24, 2.45) is 0 Å². The van der Waals surface area contributed by atoms with E-state index < -0.39 is 0 Å². The molecule has 1 heterocycles. The highest BCUT2D eigenvalue weighted by molar-refractivity contribution is 7.25. The normalized spacial score (nSPS) is 11.2. The van der Waals surface area contributed by atoms with Crippen LogP contribution >= 0.6 is 11.3 Å². The number of nitrogens with one attached hydrogen (secondary N) is 1. The monoisotopic (exact) mass is 503 g/mol. The van der Waals surface area contributed by atoms with Gasteiger partial charge in [-0.15, -0.1) is 11.3 Å². The molecule has 1 nitrogen and oxygen atoms in total. The molecule has 0 fully saturated rings. The molecule has 0 aliphatic heterocycles. The molecule has 180 valence electrons. The molecule has 0 aliphatic rings. The standard InChI is InChI=1S/C36H25NS/c1-3-8-25(9-4-1)27-14-16-28(17-15-27)29-12-7-13-31(22-29)37-32-19-21-35-34(24-32)33-20-18-30(23-36(33)38-35)26-10-5-2-6-11-26/h1-24,37H. The summed E-state index contributed by atoms with van der Waals surface area (Å²) in [5.74, 6) is 0. The minimum absolute atomic E-state index is 1.08. The number of benzene rings is 6. The van der Waals surface area contributed by atoms with Gasteiger partial charge in [-0.05, 0) is 69.8 Å². The minimum atomic E-state index is 1.08. The van der Waals surface area contributed by atoms with E-state index in [2.05, 4.69) is 151 Å². The largest absolute Gasteiger partial charge is 0.355 e. The van der Waals surface area contributed by atoms with Gasteiger partial charge in [-0.2, -0.15) is 0 Å². The van der Waals surface area contributed by atoms with Gasteiger partial charge in [0.25, 0.3) is 0 Å². The Hall–Kier alpha value is -4.66. The highest BCUT2D eigenvalue weighted by Gasteiger charge is 2.09. The van der Waals surface area contributed by atoms with Crippen LogP contribution in [-0.4, -0.2) is 0 Å². The van der Waals surface area contributed by atoms with E-state index in [1.807, 2.05) is 11.3 Å². The topological polar surface area (TPSA) is 12.0 Å². The number of hydrogen-bond donors (Lipinski definition) is 1. The van der Waals surface area contributed by atoms with Gasteiger partial charge in [-0.25, -0.2) is 0 Å². The maximum atomic E-state index is 3.64. The molecule has 0 saturated carbocycles. The molecular formula is C36H25NS. The Bertz CT molecular complexity index is 1870. The van der Waals surface area contributed by atoms with Crippen LogP contribution in [0.5, 0.6) is 0 Å². The van der Waals surface area contributed by atoms with Crippen LogP contribution in [0.3, 0.4) is 0 Å². The van der Waals surface area contributed by atoms with Crippen molar-refractivity contribution in [3.05, 3.63) is 146 Å². The second-order valence-corrected chi connectivity index (χ2v) is 10.6. The first kappa shape index (κ1) is 22.5. The molecule has 0 spiro atoms. The third-order valence-corrected chi connectivity index (χ3v) is 8.19. The van der Waals surface area contributed by atoms with Crippen molar-refractivity contribution >= 4 is 42.9 Å². The molecule has 0 atom stereocenters. The van der Waals surface area contributed by atoms with Crippen molar-refractivity contribution in [3.63, 3.8) is 0 Å². The van der Waals surface area contributed by atoms with Crippen molar-refractivity contribution in [2.75, 3.05) is 5.32 Å². The Kier molecular flexibility index (Phi) is 5.73. The highest BCUT2D eigenvalue weighted by Crippen LogP contribution is 2.38. The summed E-state index contributed by atoms with van der Waals surface area (Å²) >= 11 is 1.86. The van der Waals surface area contributed by atoms with E-state index in [1.54, 1.807) is 0 Å². The molecule has 6 aromatic carbocycles. The Morgan fingerprint density at radius 1 is 0.342 bits per heavy atom. The Morgan fingerprint density at radius 3 is 1.63 bits per heavy atom. The van der Waals surface area contributed by atoms with E-state index in [1.165, 1.54) is 53.6 Å². The van der Waals surface area contributed by atoms with E-state index in [9.17, 15) is 0 Å². The number of anilines is 2. The lowest BCUT2D eigenvalue weighted by atomic mass is 10.00. The first-order valence-electron chi connectivity index (χ1n) is 12.8. The molecule has 0 radical (unpaired) electrons. The van der Waals surface area contributed by atoms with Crippen molar-refractivity contribution in [1.29, 1.82) is 0 Å². The lowest BCUT2D eigenvalue weighted by molar-refractivity contribution is 1.55. The quantitative estimate of drug-likeness (QED) is 0.246. The summed E-state index contributed by atoms with van der Waals surface area (Å²) in [5.41, 5.74) is 9.58. The molecule has 0 saturated heterocycles. The van der Waals surface area contributed by atoms with Gasteiger partial charge in [0.2, 0.25) is 0 Å². The van der Waals surface area contributed by atoms with Crippen LogP contribution in [0.25, 0.3) is 53.6 Å².